The van der Waals surface area contributed by atoms with E-state index in [9.17, 15) is 0 Å². The molecule has 0 amide bonds. The molecule has 0 radical (unpaired) electrons. The molecule has 0 heterocycles. The second-order valence-electron chi connectivity index (χ2n) is 4.76. The Labute approximate surface area is 117 Å². The summed E-state index contributed by atoms with van der Waals surface area (Å²) in [5, 5.41) is 3.53. The van der Waals surface area contributed by atoms with Gasteiger partial charge in [-0.2, -0.15) is 0 Å². The highest BCUT2D eigenvalue weighted by Crippen LogP contribution is 2.27. The zero-order valence-electron chi connectivity index (χ0n) is 11.0. The van der Waals surface area contributed by atoms with E-state index in [0.717, 1.165) is 10.2 Å². The van der Waals surface area contributed by atoms with Crippen LogP contribution in [0.2, 0.25) is 0 Å². The first-order chi connectivity index (χ1) is 8.56. The van der Waals surface area contributed by atoms with Crippen molar-refractivity contribution in [3.63, 3.8) is 0 Å². The van der Waals surface area contributed by atoms with Gasteiger partial charge in [0, 0.05) is 16.2 Å². The molecular formula is C16H18BrN. The lowest BCUT2D eigenvalue weighted by molar-refractivity contribution is 0.881. The maximum Gasteiger partial charge on any atom is 0.0489 e. The standard InChI is InChI=1S/C16H18BrN/c1-11-5-4-6-14(9-11)13(3)18-16-8-7-12(2)10-15(16)17/h4-10,13,18H,1-3H3. The Bertz CT molecular complexity index is 549. The Morgan fingerprint density at radius 3 is 2.39 bits per heavy atom. The van der Waals surface area contributed by atoms with E-state index in [0.29, 0.717) is 6.04 Å². The molecule has 2 aromatic rings. The number of benzene rings is 2. The van der Waals surface area contributed by atoms with Gasteiger partial charge in [0.15, 0.2) is 0 Å². The third-order valence-corrected chi connectivity index (χ3v) is 3.69. The van der Waals surface area contributed by atoms with Crippen LogP contribution in [0.1, 0.15) is 29.7 Å². The quantitative estimate of drug-likeness (QED) is 0.817. The largest absolute Gasteiger partial charge is 0.378 e. The summed E-state index contributed by atoms with van der Waals surface area (Å²) in [4.78, 5) is 0. The van der Waals surface area contributed by atoms with Crippen molar-refractivity contribution in [2.45, 2.75) is 26.8 Å². The number of anilines is 1. The smallest absolute Gasteiger partial charge is 0.0489 e. The van der Waals surface area contributed by atoms with Gasteiger partial charge in [-0.05, 0) is 60.0 Å². The van der Waals surface area contributed by atoms with Crippen LogP contribution in [0, 0.1) is 13.8 Å². The Morgan fingerprint density at radius 1 is 1.00 bits per heavy atom. The third-order valence-electron chi connectivity index (χ3n) is 3.04. The van der Waals surface area contributed by atoms with Crippen LogP contribution in [0.3, 0.4) is 0 Å². The summed E-state index contributed by atoms with van der Waals surface area (Å²) >= 11 is 3.60. The molecule has 18 heavy (non-hydrogen) atoms. The number of hydrogen-bond acceptors (Lipinski definition) is 1. The number of hydrogen-bond donors (Lipinski definition) is 1. The average Bonchev–Trinajstić information content (AvgIpc) is 2.32. The first kappa shape index (κ1) is 13.2. The van der Waals surface area contributed by atoms with Gasteiger partial charge in [-0.3, -0.25) is 0 Å². The first-order valence-electron chi connectivity index (χ1n) is 6.15. The second-order valence-corrected chi connectivity index (χ2v) is 5.62. The summed E-state index contributed by atoms with van der Waals surface area (Å²) in [6.45, 7) is 6.40. The molecule has 0 fully saturated rings. The van der Waals surface area contributed by atoms with Gasteiger partial charge in [0.25, 0.3) is 0 Å². The van der Waals surface area contributed by atoms with Crippen LogP contribution < -0.4 is 5.32 Å². The highest BCUT2D eigenvalue weighted by molar-refractivity contribution is 9.10. The summed E-state index contributed by atoms with van der Waals surface area (Å²) in [5.74, 6) is 0. The average molecular weight is 304 g/mol. The zero-order chi connectivity index (χ0) is 13.1. The van der Waals surface area contributed by atoms with E-state index in [1.807, 2.05) is 0 Å². The van der Waals surface area contributed by atoms with E-state index in [2.05, 4.69) is 84.5 Å². The van der Waals surface area contributed by atoms with Gasteiger partial charge in [0.05, 0.1) is 0 Å². The molecule has 1 N–H and O–H groups in total. The topological polar surface area (TPSA) is 12.0 Å². The van der Waals surface area contributed by atoms with Gasteiger partial charge in [0.1, 0.15) is 0 Å². The SMILES string of the molecule is Cc1cccc(C(C)Nc2ccc(C)cc2Br)c1. The molecule has 0 saturated carbocycles. The minimum Gasteiger partial charge on any atom is -0.378 e. The Balaban J connectivity index is 2.18. The van der Waals surface area contributed by atoms with E-state index in [4.69, 9.17) is 0 Å². The normalized spacial score (nSPS) is 12.2. The van der Waals surface area contributed by atoms with Crippen molar-refractivity contribution >= 4 is 21.6 Å². The third kappa shape index (κ3) is 3.14. The van der Waals surface area contributed by atoms with E-state index in [1.54, 1.807) is 0 Å². The van der Waals surface area contributed by atoms with Crippen LogP contribution in [0.4, 0.5) is 5.69 Å². The molecule has 1 nitrogen and oxygen atoms in total. The Hall–Kier alpha value is -1.28. The predicted molar refractivity (Wildman–Crippen MR) is 82.1 cm³/mol. The number of aryl methyl sites for hydroxylation is 2. The van der Waals surface area contributed by atoms with E-state index < -0.39 is 0 Å². The van der Waals surface area contributed by atoms with Crippen molar-refractivity contribution in [2.75, 3.05) is 5.32 Å². The Kier molecular flexibility index (Phi) is 4.07. The highest BCUT2D eigenvalue weighted by Gasteiger charge is 2.07. The summed E-state index contributed by atoms with van der Waals surface area (Å²) in [6, 6.07) is 15.3. The van der Waals surface area contributed by atoms with Crippen LogP contribution in [-0.2, 0) is 0 Å². The van der Waals surface area contributed by atoms with Gasteiger partial charge in [-0.25, -0.2) is 0 Å². The first-order valence-corrected chi connectivity index (χ1v) is 6.95. The fourth-order valence-corrected chi connectivity index (χ4v) is 2.60. The molecule has 0 saturated heterocycles. The van der Waals surface area contributed by atoms with Gasteiger partial charge in [-0.15, -0.1) is 0 Å². The molecule has 2 rings (SSSR count). The molecule has 0 aromatic heterocycles. The molecule has 1 unspecified atom stereocenters. The molecule has 0 aliphatic carbocycles. The van der Waals surface area contributed by atoms with E-state index in [-0.39, 0.29) is 0 Å². The minimum absolute atomic E-state index is 0.295. The minimum atomic E-state index is 0.295. The molecule has 94 valence electrons. The van der Waals surface area contributed by atoms with Gasteiger partial charge < -0.3 is 5.32 Å². The number of halogens is 1. The molecule has 2 aromatic carbocycles. The van der Waals surface area contributed by atoms with Crippen molar-refractivity contribution in [1.82, 2.24) is 0 Å². The van der Waals surface area contributed by atoms with Gasteiger partial charge >= 0.3 is 0 Å². The fraction of sp³-hybridized carbons (Fsp3) is 0.250. The zero-order valence-corrected chi connectivity index (χ0v) is 12.6. The molecule has 0 aliphatic heterocycles. The van der Waals surface area contributed by atoms with Crippen molar-refractivity contribution in [2.24, 2.45) is 0 Å². The summed E-state index contributed by atoms with van der Waals surface area (Å²) in [5.41, 5.74) is 5.00. The lowest BCUT2D eigenvalue weighted by atomic mass is 10.1. The summed E-state index contributed by atoms with van der Waals surface area (Å²) in [6.07, 6.45) is 0. The van der Waals surface area contributed by atoms with Crippen LogP contribution in [0.15, 0.2) is 46.9 Å². The molecule has 0 spiro atoms. The molecule has 1 atom stereocenters. The lowest BCUT2D eigenvalue weighted by Gasteiger charge is -2.17. The maximum atomic E-state index is 3.60. The lowest BCUT2D eigenvalue weighted by Crippen LogP contribution is -2.07. The van der Waals surface area contributed by atoms with Crippen LogP contribution in [-0.4, -0.2) is 0 Å². The molecule has 2 heteroatoms. The number of rotatable bonds is 3. The fourth-order valence-electron chi connectivity index (χ4n) is 1.99. The van der Waals surface area contributed by atoms with Crippen molar-refractivity contribution < 1.29 is 0 Å². The van der Waals surface area contributed by atoms with Gasteiger partial charge in [-0.1, -0.05) is 35.9 Å². The van der Waals surface area contributed by atoms with Crippen molar-refractivity contribution in [1.29, 1.82) is 0 Å². The summed E-state index contributed by atoms with van der Waals surface area (Å²) < 4.78 is 1.11. The molecular weight excluding hydrogens is 286 g/mol. The van der Waals surface area contributed by atoms with E-state index in [1.165, 1.54) is 16.7 Å². The van der Waals surface area contributed by atoms with Crippen LogP contribution in [0.25, 0.3) is 0 Å². The molecule has 0 aliphatic rings. The van der Waals surface area contributed by atoms with Gasteiger partial charge in [0.2, 0.25) is 0 Å². The molecule has 0 bridgehead atoms. The second kappa shape index (κ2) is 5.57. The van der Waals surface area contributed by atoms with Crippen LogP contribution >= 0.6 is 15.9 Å². The summed E-state index contributed by atoms with van der Waals surface area (Å²) in [7, 11) is 0. The van der Waals surface area contributed by atoms with Crippen molar-refractivity contribution in [3.8, 4) is 0 Å². The predicted octanol–water partition coefficient (Wildman–Crippen LogP) is 5.24. The maximum absolute atomic E-state index is 3.60. The monoisotopic (exact) mass is 303 g/mol. The van der Waals surface area contributed by atoms with Crippen molar-refractivity contribution in [3.05, 3.63) is 63.6 Å². The van der Waals surface area contributed by atoms with Crippen LogP contribution in [0.5, 0.6) is 0 Å². The number of nitrogens with one attached hydrogen (secondary N) is 1. The Morgan fingerprint density at radius 2 is 1.72 bits per heavy atom. The van der Waals surface area contributed by atoms with E-state index >= 15 is 0 Å². The highest BCUT2D eigenvalue weighted by atomic mass is 79.9.